The van der Waals surface area contributed by atoms with Crippen molar-refractivity contribution in [3.8, 4) is 0 Å². The lowest BCUT2D eigenvalue weighted by molar-refractivity contribution is -0.149. The number of amides is 3. The molecule has 8 nitrogen and oxygen atoms in total. The van der Waals surface area contributed by atoms with E-state index in [2.05, 4.69) is 10.6 Å². The first-order valence-corrected chi connectivity index (χ1v) is 10.6. The second kappa shape index (κ2) is 10.5. The molecule has 3 amide bonds. The number of urea groups is 1. The Hall–Kier alpha value is -2.37. The SMILES string of the molecule is CCNC(=O)C[C@@H]1CC[C@H]2[C@@H](COC[C@H](O)CN2C(=O)Nc2ccc(C(F)(F)F)cc2)O1. The Balaban J connectivity index is 1.69. The molecular weight excluding hydrogens is 431 g/mol. The van der Waals surface area contributed by atoms with Gasteiger partial charge in [-0.15, -0.1) is 0 Å². The van der Waals surface area contributed by atoms with Crippen molar-refractivity contribution in [3.63, 3.8) is 0 Å². The van der Waals surface area contributed by atoms with Crippen LogP contribution in [0.5, 0.6) is 0 Å². The van der Waals surface area contributed by atoms with Crippen LogP contribution in [0.4, 0.5) is 23.7 Å². The molecule has 2 fully saturated rings. The van der Waals surface area contributed by atoms with Crippen molar-refractivity contribution in [2.75, 3.05) is 31.6 Å². The molecule has 178 valence electrons. The van der Waals surface area contributed by atoms with Gasteiger partial charge in [-0.2, -0.15) is 13.2 Å². The van der Waals surface area contributed by atoms with Crippen LogP contribution in [0, 0.1) is 0 Å². The van der Waals surface area contributed by atoms with Crippen LogP contribution in [-0.4, -0.2) is 72.6 Å². The minimum atomic E-state index is -4.47. The van der Waals surface area contributed by atoms with Crippen LogP contribution in [0.25, 0.3) is 0 Å². The van der Waals surface area contributed by atoms with Gasteiger partial charge in [0.25, 0.3) is 0 Å². The lowest BCUT2D eigenvalue weighted by atomic mass is 9.95. The Bertz CT molecular complexity index is 790. The molecule has 3 N–H and O–H groups in total. The number of aliphatic hydroxyl groups excluding tert-OH is 1. The molecule has 2 aliphatic heterocycles. The summed E-state index contributed by atoms with van der Waals surface area (Å²) in [7, 11) is 0. The molecule has 0 bridgehead atoms. The zero-order chi connectivity index (χ0) is 23.3. The highest BCUT2D eigenvalue weighted by Gasteiger charge is 2.40. The first-order valence-electron chi connectivity index (χ1n) is 10.6. The van der Waals surface area contributed by atoms with Gasteiger partial charge in [-0.1, -0.05) is 0 Å². The number of benzene rings is 1. The molecule has 2 heterocycles. The van der Waals surface area contributed by atoms with Gasteiger partial charge in [0.15, 0.2) is 0 Å². The van der Waals surface area contributed by atoms with E-state index in [9.17, 15) is 27.9 Å². The summed E-state index contributed by atoms with van der Waals surface area (Å²) in [4.78, 5) is 26.3. The molecule has 0 spiro atoms. The van der Waals surface area contributed by atoms with Crippen LogP contribution >= 0.6 is 0 Å². The Morgan fingerprint density at radius 3 is 2.56 bits per heavy atom. The van der Waals surface area contributed by atoms with Crippen LogP contribution in [0.3, 0.4) is 0 Å². The number of alkyl halides is 3. The number of halogens is 3. The highest BCUT2D eigenvalue weighted by atomic mass is 19.4. The number of hydrogen-bond donors (Lipinski definition) is 3. The van der Waals surface area contributed by atoms with Crippen molar-refractivity contribution in [1.29, 1.82) is 0 Å². The number of fused-ring (bicyclic) bond motifs is 1. The standard InChI is InChI=1S/C21H28F3N3O5/c1-2-25-19(29)9-16-7-8-17-18(32-16)12-31-11-15(28)10-27(17)20(30)26-14-5-3-13(4-6-14)21(22,23)24/h3-6,15-18,28H,2,7-12H2,1H3,(H,25,29)(H,26,30)/t15-,16+,17+,18-/m1/s1. The number of hydrogen-bond acceptors (Lipinski definition) is 5. The smallest absolute Gasteiger partial charge is 0.389 e. The number of rotatable bonds is 4. The van der Waals surface area contributed by atoms with Crippen LogP contribution in [0.1, 0.15) is 31.7 Å². The molecule has 3 rings (SSSR count). The second-order valence-corrected chi connectivity index (χ2v) is 7.95. The summed E-state index contributed by atoms with van der Waals surface area (Å²) in [6.07, 6.45) is -4.90. The number of nitrogens with one attached hydrogen (secondary N) is 2. The van der Waals surface area contributed by atoms with E-state index in [0.29, 0.717) is 19.4 Å². The molecule has 4 atom stereocenters. The molecule has 0 saturated carbocycles. The molecular formula is C21H28F3N3O5. The number of carbonyl (C=O) groups is 2. The third-order valence-electron chi connectivity index (χ3n) is 5.49. The van der Waals surface area contributed by atoms with Gasteiger partial charge < -0.3 is 30.1 Å². The molecule has 11 heteroatoms. The summed E-state index contributed by atoms with van der Waals surface area (Å²) in [5, 5.41) is 15.5. The maximum Gasteiger partial charge on any atom is 0.416 e. The van der Waals surface area contributed by atoms with Crippen LogP contribution in [0.2, 0.25) is 0 Å². The summed E-state index contributed by atoms with van der Waals surface area (Å²) < 4.78 is 49.8. The third-order valence-corrected chi connectivity index (χ3v) is 5.49. The highest BCUT2D eigenvalue weighted by Crippen LogP contribution is 2.31. The Morgan fingerprint density at radius 1 is 1.19 bits per heavy atom. The van der Waals surface area contributed by atoms with Crippen molar-refractivity contribution in [1.82, 2.24) is 10.2 Å². The fourth-order valence-electron chi connectivity index (χ4n) is 3.99. The molecule has 0 aromatic heterocycles. The summed E-state index contributed by atoms with van der Waals surface area (Å²) in [5.74, 6) is -0.116. The number of carbonyl (C=O) groups excluding carboxylic acids is 2. The zero-order valence-corrected chi connectivity index (χ0v) is 17.7. The summed E-state index contributed by atoms with van der Waals surface area (Å²) in [6, 6.07) is 3.19. The van der Waals surface area contributed by atoms with Gasteiger partial charge in [-0.25, -0.2) is 4.79 Å². The number of ether oxygens (including phenoxy) is 2. The average Bonchev–Trinajstić information content (AvgIpc) is 2.71. The normalized spacial score (nSPS) is 26.5. The van der Waals surface area contributed by atoms with E-state index in [0.717, 1.165) is 12.1 Å². The topological polar surface area (TPSA) is 100 Å². The average molecular weight is 459 g/mol. The maximum atomic E-state index is 13.0. The largest absolute Gasteiger partial charge is 0.416 e. The van der Waals surface area contributed by atoms with Gasteiger partial charge in [0.05, 0.1) is 50.0 Å². The van der Waals surface area contributed by atoms with Gasteiger partial charge in [0.1, 0.15) is 6.10 Å². The van der Waals surface area contributed by atoms with Crippen molar-refractivity contribution >= 4 is 17.6 Å². The van der Waals surface area contributed by atoms with E-state index >= 15 is 0 Å². The monoisotopic (exact) mass is 459 g/mol. The number of anilines is 1. The highest BCUT2D eigenvalue weighted by molar-refractivity contribution is 5.89. The van der Waals surface area contributed by atoms with Gasteiger partial charge in [-0.3, -0.25) is 4.79 Å². The van der Waals surface area contributed by atoms with Crippen LogP contribution in [0.15, 0.2) is 24.3 Å². The van der Waals surface area contributed by atoms with E-state index in [1.54, 1.807) is 0 Å². The number of aliphatic hydroxyl groups is 1. The minimum absolute atomic E-state index is 0.0115. The van der Waals surface area contributed by atoms with Crippen molar-refractivity contribution in [2.45, 2.75) is 56.7 Å². The summed E-state index contributed by atoms with van der Waals surface area (Å²) in [5.41, 5.74) is -0.605. The molecule has 2 saturated heterocycles. The summed E-state index contributed by atoms with van der Waals surface area (Å²) in [6.45, 7) is 2.50. The quantitative estimate of drug-likeness (QED) is 0.642. The molecule has 0 radical (unpaired) electrons. The van der Waals surface area contributed by atoms with E-state index in [1.165, 1.54) is 17.0 Å². The van der Waals surface area contributed by atoms with Gasteiger partial charge in [-0.05, 0) is 44.0 Å². The van der Waals surface area contributed by atoms with E-state index in [4.69, 9.17) is 9.47 Å². The molecule has 0 aliphatic carbocycles. The Morgan fingerprint density at radius 2 is 1.91 bits per heavy atom. The lowest BCUT2D eigenvalue weighted by Crippen LogP contribution is -2.58. The second-order valence-electron chi connectivity index (χ2n) is 7.95. The fraction of sp³-hybridized carbons (Fsp3) is 0.619. The first-order chi connectivity index (χ1) is 15.2. The van der Waals surface area contributed by atoms with Crippen LogP contribution in [-0.2, 0) is 20.4 Å². The maximum absolute atomic E-state index is 13.0. The molecule has 32 heavy (non-hydrogen) atoms. The predicted octanol–water partition coefficient (Wildman–Crippen LogP) is 2.37. The molecule has 2 aliphatic rings. The fourth-order valence-corrected chi connectivity index (χ4v) is 3.99. The first kappa shape index (κ1) is 24.3. The third kappa shape index (κ3) is 6.33. The van der Waals surface area contributed by atoms with Gasteiger partial charge >= 0.3 is 12.2 Å². The minimum Gasteiger partial charge on any atom is -0.389 e. The van der Waals surface area contributed by atoms with Gasteiger partial charge in [0.2, 0.25) is 5.91 Å². The Kier molecular flexibility index (Phi) is 7.96. The molecule has 1 aromatic rings. The van der Waals surface area contributed by atoms with E-state index in [-0.39, 0.29) is 43.9 Å². The number of β-amino-alcohol motifs (C(OH)–C–C–N with tert-alkyl or cyclic N) is 1. The van der Waals surface area contributed by atoms with E-state index in [1.807, 2.05) is 6.92 Å². The predicted molar refractivity (Wildman–Crippen MR) is 109 cm³/mol. The van der Waals surface area contributed by atoms with Crippen molar-refractivity contribution < 1.29 is 37.3 Å². The zero-order valence-electron chi connectivity index (χ0n) is 17.7. The molecule has 1 aromatic carbocycles. The van der Waals surface area contributed by atoms with Crippen LogP contribution < -0.4 is 10.6 Å². The lowest BCUT2D eigenvalue weighted by Gasteiger charge is -2.44. The van der Waals surface area contributed by atoms with Crippen molar-refractivity contribution in [3.05, 3.63) is 29.8 Å². The number of nitrogens with zero attached hydrogens (tertiary/aromatic N) is 1. The van der Waals surface area contributed by atoms with Crippen molar-refractivity contribution in [2.24, 2.45) is 0 Å². The van der Waals surface area contributed by atoms with E-state index < -0.39 is 36.0 Å². The molecule has 0 unspecified atom stereocenters. The summed E-state index contributed by atoms with van der Waals surface area (Å²) >= 11 is 0. The Labute approximate surface area is 184 Å². The van der Waals surface area contributed by atoms with Gasteiger partial charge in [0, 0.05) is 12.2 Å².